The molecular weight excluding hydrogens is 278 g/mol. The van der Waals surface area contributed by atoms with Crippen LogP contribution in [0.4, 0.5) is 0 Å². The van der Waals surface area contributed by atoms with Crippen LogP contribution in [0.3, 0.4) is 0 Å². The quantitative estimate of drug-likeness (QED) is 0.680. The average molecular weight is 286 g/mol. The Morgan fingerprint density at radius 3 is 2.88 bits per heavy atom. The van der Waals surface area contributed by atoms with Gasteiger partial charge in [0.1, 0.15) is 0 Å². The number of rotatable bonds is 2. The molecule has 0 bridgehead atoms. The number of amides is 1. The van der Waals surface area contributed by atoms with Gasteiger partial charge in [-0.2, -0.15) is 9.47 Å². The van der Waals surface area contributed by atoms with Gasteiger partial charge in [0.25, 0.3) is 5.91 Å². The van der Waals surface area contributed by atoms with Crippen molar-refractivity contribution in [3.05, 3.63) is 45.2 Å². The van der Waals surface area contributed by atoms with E-state index in [0.717, 1.165) is 5.56 Å². The molecule has 17 heavy (non-hydrogen) atoms. The molecule has 0 atom stereocenters. The van der Waals surface area contributed by atoms with Gasteiger partial charge in [-0.3, -0.25) is 4.79 Å². The molecule has 0 fully saturated rings. The predicted octanol–water partition coefficient (Wildman–Crippen LogP) is 2.41. The molecule has 0 aliphatic heterocycles. The van der Waals surface area contributed by atoms with E-state index in [-0.39, 0.29) is 5.91 Å². The Morgan fingerprint density at radius 2 is 2.24 bits per heavy atom. The highest BCUT2D eigenvalue weighted by atomic mass is 35.5. The van der Waals surface area contributed by atoms with Gasteiger partial charge in [-0.15, -0.1) is 0 Å². The Balaban J connectivity index is 2.19. The molecule has 0 spiro atoms. The summed E-state index contributed by atoms with van der Waals surface area (Å²) in [6, 6.07) is 7.31. The molecule has 1 aromatic carbocycles. The molecule has 1 heterocycles. The van der Waals surface area contributed by atoms with E-state index in [1.807, 2.05) is 25.1 Å². The topological polar surface area (TPSA) is 54.4 Å². The third kappa shape index (κ3) is 2.91. The van der Waals surface area contributed by atoms with Gasteiger partial charge in [0, 0.05) is 16.1 Å². The molecule has 4 nitrogen and oxygen atoms in total. The van der Waals surface area contributed by atoms with E-state index >= 15 is 0 Å². The van der Waals surface area contributed by atoms with Gasteiger partial charge in [0.2, 0.25) is 0 Å². The number of carbonyl (C=O) groups excluding carboxylic acids is 1. The second-order valence-corrected chi connectivity index (χ2v) is 5.40. The zero-order valence-electron chi connectivity index (χ0n) is 8.81. The lowest BCUT2D eigenvalue weighted by Gasteiger charge is -2.02. The summed E-state index contributed by atoms with van der Waals surface area (Å²) in [5, 5.41) is 4.23. The van der Waals surface area contributed by atoms with Crippen molar-refractivity contribution in [2.75, 3.05) is 0 Å². The first-order chi connectivity index (χ1) is 8.18. The van der Waals surface area contributed by atoms with Crippen LogP contribution in [0.15, 0.2) is 29.4 Å². The summed E-state index contributed by atoms with van der Waals surface area (Å²) in [4.78, 5) is 11.8. The molecule has 0 aliphatic carbocycles. The van der Waals surface area contributed by atoms with Crippen molar-refractivity contribution in [3.8, 4) is 0 Å². The van der Waals surface area contributed by atoms with Crippen LogP contribution in [0.2, 0.25) is 5.15 Å². The van der Waals surface area contributed by atoms with Crippen LogP contribution >= 0.6 is 32.5 Å². The van der Waals surface area contributed by atoms with Crippen LogP contribution in [0.25, 0.3) is 0 Å². The maximum atomic E-state index is 11.8. The maximum absolute atomic E-state index is 11.8. The first-order valence-corrected chi connectivity index (χ1v) is 7.18. The van der Waals surface area contributed by atoms with Crippen molar-refractivity contribution in [2.45, 2.75) is 6.92 Å². The maximum Gasteiger partial charge on any atom is 0.271 e. The molecule has 0 radical (unpaired) electrons. The van der Waals surface area contributed by atoms with Gasteiger partial charge in [-0.25, -0.2) is 5.43 Å². The van der Waals surface area contributed by atoms with E-state index in [0.29, 0.717) is 15.4 Å². The fourth-order valence-corrected chi connectivity index (χ4v) is 3.15. The number of aromatic nitrogens is 1. The average Bonchev–Trinajstić information content (AvgIpc) is 2.72. The van der Waals surface area contributed by atoms with E-state index in [9.17, 15) is 4.79 Å². The largest absolute Gasteiger partial charge is 0.271 e. The van der Waals surface area contributed by atoms with E-state index in [2.05, 4.69) is 14.9 Å². The van der Waals surface area contributed by atoms with Crippen molar-refractivity contribution in [2.24, 2.45) is 5.10 Å². The Hall–Kier alpha value is -1.24. The van der Waals surface area contributed by atoms with Gasteiger partial charge in [-0.05, 0) is 28.9 Å². The summed E-state index contributed by atoms with van der Waals surface area (Å²) in [5.74, 6) is -0.252. The normalized spacial score (nSPS) is 11.5. The van der Waals surface area contributed by atoms with Crippen molar-refractivity contribution >= 4 is 38.4 Å². The van der Waals surface area contributed by atoms with Crippen LogP contribution in [0, 0.1) is 6.92 Å². The van der Waals surface area contributed by atoms with Gasteiger partial charge < -0.3 is 0 Å². The minimum absolute atomic E-state index is 0.252. The van der Waals surface area contributed by atoms with Crippen molar-refractivity contribution < 1.29 is 4.79 Å². The van der Waals surface area contributed by atoms with E-state index in [1.54, 1.807) is 6.07 Å². The highest BCUT2D eigenvalue weighted by Crippen LogP contribution is 2.07. The van der Waals surface area contributed by atoms with Crippen LogP contribution in [-0.2, 0) is 0 Å². The minimum atomic E-state index is -0.252. The number of nitrogens with zero attached hydrogens (tertiary/aromatic N) is 2. The van der Waals surface area contributed by atoms with Gasteiger partial charge >= 0.3 is 0 Å². The Morgan fingerprint density at radius 1 is 1.47 bits per heavy atom. The number of hydrogen-bond donors (Lipinski definition) is 1. The second kappa shape index (κ2) is 5.39. The molecule has 2 rings (SSSR count). The highest BCUT2D eigenvalue weighted by molar-refractivity contribution is 7.66. The molecule has 0 aliphatic rings. The Bertz CT molecular complexity index is 605. The van der Waals surface area contributed by atoms with Gasteiger partial charge in [0.15, 0.2) is 9.82 Å². The molecule has 0 saturated heterocycles. The molecule has 0 unspecified atom stereocenters. The van der Waals surface area contributed by atoms with Crippen LogP contribution in [-0.4, -0.2) is 10.3 Å². The number of halogens is 1. The standard InChI is InChI=1S/C10H8ClN3OS2/c1-6-4-2-3-5-7(6)9(15)12-13-10-8(11)14-17-16-10/h2-5H,1H3,(H,12,15)/b13-10-. The van der Waals surface area contributed by atoms with E-state index in [1.165, 1.54) is 20.9 Å². The summed E-state index contributed by atoms with van der Waals surface area (Å²) in [5.41, 5.74) is 3.96. The predicted molar refractivity (Wildman–Crippen MR) is 69.2 cm³/mol. The van der Waals surface area contributed by atoms with Gasteiger partial charge in [0.05, 0.1) is 0 Å². The fourth-order valence-electron chi connectivity index (χ4n) is 1.21. The molecule has 7 heteroatoms. The Kier molecular flexibility index (Phi) is 3.88. The molecular formula is C10H8ClN3OS2. The Labute approximate surface area is 110 Å². The van der Waals surface area contributed by atoms with E-state index in [4.69, 9.17) is 11.6 Å². The SMILES string of the molecule is Cc1ccccc1C(=O)N/N=c1\ssnc1Cl. The molecule has 0 saturated carbocycles. The van der Waals surface area contributed by atoms with Crippen LogP contribution in [0.1, 0.15) is 15.9 Å². The first kappa shape index (κ1) is 12.2. The number of nitrogens with one attached hydrogen (secondary N) is 1. The summed E-state index contributed by atoms with van der Waals surface area (Å²) >= 11 is 5.77. The summed E-state index contributed by atoms with van der Waals surface area (Å²) in [6.45, 7) is 1.87. The van der Waals surface area contributed by atoms with Gasteiger partial charge in [-0.1, -0.05) is 29.8 Å². The molecule has 1 amide bonds. The zero-order chi connectivity index (χ0) is 12.3. The summed E-state index contributed by atoms with van der Waals surface area (Å²) in [7, 11) is 2.54. The monoisotopic (exact) mass is 285 g/mol. The molecule has 1 aromatic heterocycles. The number of aryl methyl sites for hydroxylation is 1. The van der Waals surface area contributed by atoms with Crippen molar-refractivity contribution in [1.29, 1.82) is 0 Å². The number of hydrogen-bond acceptors (Lipinski definition) is 5. The number of carbonyl (C=O) groups is 1. The zero-order valence-corrected chi connectivity index (χ0v) is 11.2. The lowest BCUT2D eigenvalue weighted by molar-refractivity contribution is 0.0953. The summed E-state index contributed by atoms with van der Waals surface area (Å²) < 4.78 is 4.38. The van der Waals surface area contributed by atoms with E-state index < -0.39 is 0 Å². The fraction of sp³-hybridized carbons (Fsp3) is 0.100. The second-order valence-electron chi connectivity index (χ2n) is 3.21. The lowest BCUT2D eigenvalue weighted by atomic mass is 10.1. The van der Waals surface area contributed by atoms with Crippen LogP contribution < -0.4 is 10.1 Å². The molecule has 88 valence electrons. The third-order valence-electron chi connectivity index (χ3n) is 2.06. The summed E-state index contributed by atoms with van der Waals surface area (Å²) in [6.07, 6.45) is 0. The molecule has 2 aromatic rings. The van der Waals surface area contributed by atoms with Crippen LogP contribution in [0.5, 0.6) is 0 Å². The minimum Gasteiger partial charge on any atom is -0.267 e. The third-order valence-corrected chi connectivity index (χ3v) is 4.23. The lowest BCUT2D eigenvalue weighted by Crippen LogP contribution is -2.21. The molecule has 1 N–H and O–H groups in total. The van der Waals surface area contributed by atoms with Crippen molar-refractivity contribution in [1.82, 2.24) is 9.80 Å². The first-order valence-electron chi connectivity index (χ1n) is 4.69. The van der Waals surface area contributed by atoms with Crippen molar-refractivity contribution in [3.63, 3.8) is 0 Å². The highest BCUT2D eigenvalue weighted by Gasteiger charge is 2.07. The smallest absolute Gasteiger partial charge is 0.267 e. The number of benzene rings is 1.